The number of benzene rings is 1. The zero-order valence-corrected chi connectivity index (χ0v) is 13.7. The molecule has 0 amide bonds. The van der Waals surface area contributed by atoms with Gasteiger partial charge in [-0.2, -0.15) is 5.10 Å². The van der Waals surface area contributed by atoms with Gasteiger partial charge in [0.05, 0.1) is 11.9 Å². The molecule has 3 nitrogen and oxygen atoms in total. The van der Waals surface area contributed by atoms with Crippen molar-refractivity contribution in [2.45, 2.75) is 46.1 Å². The van der Waals surface area contributed by atoms with Crippen molar-refractivity contribution in [3.05, 3.63) is 48.4 Å². The Morgan fingerprint density at radius 2 is 1.95 bits per heavy atom. The normalized spacial score (nSPS) is 13.0. The number of nitrogens with zero attached hydrogens (tertiary/aromatic N) is 3. The third kappa shape index (κ3) is 2.63. The predicted octanol–water partition coefficient (Wildman–Crippen LogP) is 5.19. The van der Waals surface area contributed by atoms with E-state index >= 15 is 0 Å². The fourth-order valence-corrected chi connectivity index (χ4v) is 2.75. The molecule has 0 fully saturated rings. The molecule has 0 aliphatic carbocycles. The lowest BCUT2D eigenvalue weighted by atomic mass is 9.97. The summed E-state index contributed by atoms with van der Waals surface area (Å²) in [6.07, 6.45) is 7.08. The highest BCUT2D eigenvalue weighted by Gasteiger charge is 2.10. The zero-order valence-electron chi connectivity index (χ0n) is 13.7. The molecule has 1 aromatic carbocycles. The molecule has 0 radical (unpaired) electrons. The van der Waals surface area contributed by atoms with Crippen LogP contribution in [0.1, 0.15) is 51.6 Å². The molecule has 2 aromatic heterocycles. The Bertz CT molecular complexity index is 786. The van der Waals surface area contributed by atoms with Gasteiger partial charge in [0.1, 0.15) is 0 Å². The average molecular weight is 293 g/mol. The molecule has 0 bridgehead atoms. The van der Waals surface area contributed by atoms with Crippen molar-refractivity contribution >= 4 is 10.8 Å². The predicted molar refractivity (Wildman–Crippen MR) is 92.1 cm³/mol. The van der Waals surface area contributed by atoms with Crippen LogP contribution in [-0.4, -0.2) is 14.8 Å². The molecule has 3 rings (SSSR count). The molecule has 0 N–H and O–H groups in total. The maximum Gasteiger partial charge on any atom is 0.0739 e. The van der Waals surface area contributed by atoms with Gasteiger partial charge >= 0.3 is 0 Å². The molecular weight excluding hydrogens is 270 g/mol. The number of fused-ring (bicyclic) bond motifs is 1. The van der Waals surface area contributed by atoms with Crippen LogP contribution in [-0.2, 0) is 0 Å². The van der Waals surface area contributed by atoms with E-state index in [-0.39, 0.29) is 0 Å². The molecule has 1 atom stereocenters. The third-order valence-corrected chi connectivity index (χ3v) is 4.36. The fraction of sp³-hybridized carbons (Fsp3) is 0.368. The van der Waals surface area contributed by atoms with E-state index in [0.29, 0.717) is 12.0 Å². The first-order chi connectivity index (χ1) is 10.6. The minimum absolute atomic E-state index is 0.418. The number of aromatic nitrogens is 3. The van der Waals surface area contributed by atoms with Crippen LogP contribution in [0.3, 0.4) is 0 Å². The highest BCUT2D eigenvalue weighted by molar-refractivity contribution is 5.88. The van der Waals surface area contributed by atoms with Crippen molar-refractivity contribution in [2.24, 2.45) is 0 Å². The van der Waals surface area contributed by atoms with Crippen LogP contribution in [0, 0.1) is 0 Å². The van der Waals surface area contributed by atoms with Gasteiger partial charge in [-0.25, -0.2) is 0 Å². The van der Waals surface area contributed by atoms with E-state index in [1.54, 1.807) is 0 Å². The molecule has 1 unspecified atom stereocenters. The second-order valence-electron chi connectivity index (χ2n) is 6.26. The standard InChI is InChI=1S/C19H23N3/c1-5-14(4)22-12-16(10-21-22)19-9-15-7-6-8-17(13(2)3)18(15)11-20-19/h6-14H,5H2,1-4H3. The Morgan fingerprint density at radius 3 is 2.68 bits per heavy atom. The minimum atomic E-state index is 0.418. The molecule has 0 spiro atoms. The van der Waals surface area contributed by atoms with Gasteiger partial charge in [-0.15, -0.1) is 0 Å². The molecule has 114 valence electrons. The maximum atomic E-state index is 4.67. The van der Waals surface area contributed by atoms with Crippen molar-refractivity contribution in [3.63, 3.8) is 0 Å². The van der Waals surface area contributed by atoms with E-state index in [2.05, 4.69) is 68.2 Å². The van der Waals surface area contributed by atoms with Crippen molar-refractivity contribution in [1.29, 1.82) is 0 Å². The van der Waals surface area contributed by atoms with Gasteiger partial charge < -0.3 is 0 Å². The first-order valence-corrected chi connectivity index (χ1v) is 8.03. The highest BCUT2D eigenvalue weighted by Crippen LogP contribution is 2.28. The van der Waals surface area contributed by atoms with E-state index in [9.17, 15) is 0 Å². The lowest BCUT2D eigenvalue weighted by Crippen LogP contribution is -2.03. The van der Waals surface area contributed by atoms with E-state index in [1.807, 2.05) is 17.1 Å². The van der Waals surface area contributed by atoms with E-state index in [1.165, 1.54) is 16.3 Å². The van der Waals surface area contributed by atoms with Crippen LogP contribution in [0.15, 0.2) is 42.9 Å². The Balaban J connectivity index is 2.04. The lowest BCUT2D eigenvalue weighted by molar-refractivity contribution is 0.478. The number of hydrogen-bond acceptors (Lipinski definition) is 2. The summed E-state index contributed by atoms with van der Waals surface area (Å²) in [5.74, 6) is 0.504. The summed E-state index contributed by atoms with van der Waals surface area (Å²) in [5, 5.41) is 6.95. The molecule has 0 aliphatic heterocycles. The molecule has 0 saturated heterocycles. The Morgan fingerprint density at radius 1 is 1.14 bits per heavy atom. The zero-order chi connectivity index (χ0) is 15.7. The fourth-order valence-electron chi connectivity index (χ4n) is 2.75. The van der Waals surface area contributed by atoms with Gasteiger partial charge in [-0.3, -0.25) is 9.67 Å². The minimum Gasteiger partial charge on any atom is -0.269 e. The van der Waals surface area contributed by atoms with Crippen molar-refractivity contribution in [3.8, 4) is 11.3 Å². The maximum absolute atomic E-state index is 4.67. The first-order valence-electron chi connectivity index (χ1n) is 8.03. The Kier molecular flexibility index (Phi) is 3.97. The summed E-state index contributed by atoms with van der Waals surface area (Å²) in [5.41, 5.74) is 3.42. The summed E-state index contributed by atoms with van der Waals surface area (Å²) in [6, 6.07) is 9.06. The van der Waals surface area contributed by atoms with Gasteiger partial charge in [0.15, 0.2) is 0 Å². The van der Waals surface area contributed by atoms with Gasteiger partial charge in [-0.05, 0) is 36.3 Å². The van der Waals surface area contributed by atoms with Crippen LogP contribution in [0.2, 0.25) is 0 Å². The van der Waals surface area contributed by atoms with Gasteiger partial charge in [-0.1, -0.05) is 39.0 Å². The molecule has 0 saturated carbocycles. The SMILES string of the molecule is CCC(C)n1cc(-c2cc3cccc(C(C)C)c3cn2)cn1. The molecule has 2 heterocycles. The summed E-state index contributed by atoms with van der Waals surface area (Å²) < 4.78 is 2.02. The van der Waals surface area contributed by atoms with E-state index < -0.39 is 0 Å². The van der Waals surface area contributed by atoms with Crippen LogP contribution in [0.25, 0.3) is 22.0 Å². The monoisotopic (exact) mass is 293 g/mol. The van der Waals surface area contributed by atoms with Crippen molar-refractivity contribution in [2.75, 3.05) is 0 Å². The van der Waals surface area contributed by atoms with E-state index in [4.69, 9.17) is 0 Å². The third-order valence-electron chi connectivity index (χ3n) is 4.36. The van der Waals surface area contributed by atoms with Gasteiger partial charge in [0.25, 0.3) is 0 Å². The summed E-state index contributed by atoms with van der Waals surface area (Å²) >= 11 is 0. The van der Waals surface area contributed by atoms with Crippen LogP contribution in [0.5, 0.6) is 0 Å². The van der Waals surface area contributed by atoms with Crippen LogP contribution in [0.4, 0.5) is 0 Å². The number of pyridine rings is 1. The highest BCUT2D eigenvalue weighted by atomic mass is 15.3. The quantitative estimate of drug-likeness (QED) is 0.662. The molecule has 0 aliphatic rings. The van der Waals surface area contributed by atoms with Gasteiger partial charge in [0.2, 0.25) is 0 Å². The number of rotatable bonds is 4. The summed E-state index contributed by atoms with van der Waals surface area (Å²) in [7, 11) is 0. The molecule has 22 heavy (non-hydrogen) atoms. The van der Waals surface area contributed by atoms with Crippen LogP contribution >= 0.6 is 0 Å². The van der Waals surface area contributed by atoms with E-state index in [0.717, 1.165) is 17.7 Å². The van der Waals surface area contributed by atoms with Crippen molar-refractivity contribution < 1.29 is 0 Å². The lowest BCUT2D eigenvalue weighted by Gasteiger charge is -2.10. The summed E-state index contributed by atoms with van der Waals surface area (Å²) in [6.45, 7) is 8.80. The first kappa shape index (κ1) is 14.8. The van der Waals surface area contributed by atoms with Crippen LogP contribution < -0.4 is 0 Å². The summed E-state index contributed by atoms with van der Waals surface area (Å²) in [4.78, 5) is 4.67. The largest absolute Gasteiger partial charge is 0.269 e. The average Bonchev–Trinajstić information content (AvgIpc) is 3.02. The Labute approximate surface area is 132 Å². The number of hydrogen-bond donors (Lipinski definition) is 0. The molecule has 3 aromatic rings. The Hall–Kier alpha value is -2.16. The second kappa shape index (κ2) is 5.91. The molecule has 3 heteroatoms. The van der Waals surface area contributed by atoms with Crippen molar-refractivity contribution in [1.82, 2.24) is 14.8 Å². The second-order valence-corrected chi connectivity index (χ2v) is 6.26. The van der Waals surface area contributed by atoms with Gasteiger partial charge in [0, 0.05) is 29.4 Å². The topological polar surface area (TPSA) is 30.7 Å². The molecular formula is C19H23N3. The smallest absolute Gasteiger partial charge is 0.0739 e.